The van der Waals surface area contributed by atoms with E-state index in [0.29, 0.717) is 48.9 Å². The number of esters is 1. The summed E-state index contributed by atoms with van der Waals surface area (Å²) in [6, 6.07) is 21.0. The van der Waals surface area contributed by atoms with E-state index in [-0.39, 0.29) is 18.6 Å². The van der Waals surface area contributed by atoms with Gasteiger partial charge in [-0.05, 0) is 60.2 Å². The Morgan fingerprint density at radius 3 is 2.47 bits per heavy atom. The van der Waals surface area contributed by atoms with Crippen LogP contribution in [0.2, 0.25) is 0 Å². The Bertz CT molecular complexity index is 1970. The molecular formula is C32H33N9O10. The van der Waals surface area contributed by atoms with Crippen molar-refractivity contribution in [2.75, 3.05) is 26.4 Å². The van der Waals surface area contributed by atoms with Crippen LogP contribution in [0.4, 0.5) is 0 Å². The number of aromatic nitrogens is 6. The highest BCUT2D eigenvalue weighted by molar-refractivity contribution is 6.06. The molecule has 19 nitrogen and oxygen atoms in total. The average molecular weight is 704 g/mol. The first-order valence-electron chi connectivity index (χ1n) is 15.8. The molecular weight excluding hydrogens is 670 g/mol. The number of benzene rings is 3. The van der Waals surface area contributed by atoms with Crippen molar-refractivity contribution in [1.29, 1.82) is 0 Å². The highest BCUT2D eigenvalue weighted by Gasteiger charge is 2.21. The number of imidazole rings is 1. The van der Waals surface area contributed by atoms with E-state index in [1.807, 2.05) is 55.5 Å². The van der Waals surface area contributed by atoms with Gasteiger partial charge in [0.2, 0.25) is 5.82 Å². The summed E-state index contributed by atoms with van der Waals surface area (Å²) >= 11 is 0. The summed E-state index contributed by atoms with van der Waals surface area (Å²) in [6.45, 7) is 1.44. The van der Waals surface area contributed by atoms with Crippen LogP contribution in [0.5, 0.6) is 6.01 Å². The number of amides is 1. The van der Waals surface area contributed by atoms with Crippen LogP contribution in [-0.2, 0) is 25.8 Å². The Morgan fingerprint density at radius 1 is 0.980 bits per heavy atom. The van der Waals surface area contributed by atoms with E-state index in [1.54, 1.807) is 22.8 Å². The quantitative estimate of drug-likeness (QED) is 0.0541. The van der Waals surface area contributed by atoms with E-state index < -0.39 is 41.3 Å². The monoisotopic (exact) mass is 703 g/mol. The van der Waals surface area contributed by atoms with Crippen molar-refractivity contribution >= 4 is 22.9 Å². The number of tetrazole rings is 1. The van der Waals surface area contributed by atoms with Crippen LogP contribution in [-0.4, -0.2) is 84.7 Å². The molecule has 1 unspecified atom stereocenters. The molecule has 0 fully saturated rings. The number of nitrogens with zero attached hydrogens (tertiary/aromatic N) is 7. The van der Waals surface area contributed by atoms with Gasteiger partial charge in [-0.3, -0.25) is 14.2 Å². The minimum atomic E-state index is -1.15. The highest BCUT2D eigenvalue weighted by Crippen LogP contribution is 2.31. The number of H-pyrrole nitrogens is 1. The lowest BCUT2D eigenvalue weighted by atomic mass is 9.98. The third-order valence-corrected chi connectivity index (χ3v) is 7.55. The van der Waals surface area contributed by atoms with Crippen molar-refractivity contribution in [3.8, 4) is 28.5 Å². The van der Waals surface area contributed by atoms with Gasteiger partial charge in [-0.1, -0.05) is 54.6 Å². The zero-order valence-corrected chi connectivity index (χ0v) is 27.3. The predicted molar refractivity (Wildman–Crippen MR) is 177 cm³/mol. The molecule has 0 aliphatic heterocycles. The number of ether oxygens (including phenoxy) is 2. The van der Waals surface area contributed by atoms with E-state index in [9.17, 15) is 29.8 Å². The Labute approximate surface area is 289 Å². The van der Waals surface area contributed by atoms with Gasteiger partial charge in [0.15, 0.2) is 0 Å². The Balaban J connectivity index is 1.22. The number of fused-ring (bicyclic) bond motifs is 1. The van der Waals surface area contributed by atoms with Gasteiger partial charge in [-0.25, -0.2) is 0 Å². The zero-order valence-electron chi connectivity index (χ0n) is 27.3. The summed E-state index contributed by atoms with van der Waals surface area (Å²) in [5, 5.41) is 35.8. The van der Waals surface area contributed by atoms with E-state index in [0.717, 1.165) is 22.3 Å². The lowest BCUT2D eigenvalue weighted by molar-refractivity contribution is -0.790. The number of hydrogen-bond donors (Lipinski definition) is 2. The van der Waals surface area contributed by atoms with Gasteiger partial charge in [0.25, 0.3) is 22.1 Å². The van der Waals surface area contributed by atoms with Crippen molar-refractivity contribution in [1.82, 2.24) is 35.5 Å². The normalized spacial score (nSPS) is 11.5. The molecule has 266 valence electrons. The fourth-order valence-corrected chi connectivity index (χ4v) is 5.30. The van der Waals surface area contributed by atoms with Crippen LogP contribution >= 0.6 is 0 Å². The lowest BCUT2D eigenvalue weighted by Crippen LogP contribution is -2.31. The summed E-state index contributed by atoms with van der Waals surface area (Å²) in [5.74, 6) is -0.744. The smallest absolute Gasteiger partial charge is 0.325 e. The predicted octanol–water partition coefficient (Wildman–Crippen LogP) is 3.56. The van der Waals surface area contributed by atoms with E-state index in [1.165, 1.54) is 0 Å². The third-order valence-electron chi connectivity index (χ3n) is 7.55. The van der Waals surface area contributed by atoms with E-state index in [4.69, 9.17) is 9.47 Å². The van der Waals surface area contributed by atoms with Crippen LogP contribution in [0.1, 0.15) is 42.1 Å². The Kier molecular flexibility index (Phi) is 12.0. The maximum atomic E-state index is 13.4. The largest absolute Gasteiger partial charge is 0.465 e. The van der Waals surface area contributed by atoms with Gasteiger partial charge in [-0.15, -0.1) is 30.4 Å². The lowest BCUT2D eigenvalue weighted by Gasteiger charge is -2.13. The number of carbonyl (C=O) groups is 2. The first-order chi connectivity index (χ1) is 24.7. The van der Waals surface area contributed by atoms with Crippen LogP contribution in [0.25, 0.3) is 33.5 Å². The molecule has 19 heteroatoms. The molecule has 0 aliphatic rings. The van der Waals surface area contributed by atoms with Crippen molar-refractivity contribution in [2.24, 2.45) is 0 Å². The zero-order chi connectivity index (χ0) is 36.2. The molecule has 5 rings (SSSR count). The Hall–Kier alpha value is -6.66. The standard InChI is InChI=1S/C32H33N9O10/c1-2-48-32-34-27-12-7-11-26(31(43)33-18-28(42)49-17-6-5-8-23(51-41(46)47)20-50-40(44)45)29(27)39(32)19-21-13-15-22(16-14-21)24-9-3-4-10-25(24)30-35-37-38-36-30/h3-4,7,9-16,23H,2,5-6,8,17-20H2,1H3,(H,33,43)(H,35,36,37,38). The van der Waals surface area contributed by atoms with Crippen LogP contribution in [0.15, 0.2) is 66.7 Å². The van der Waals surface area contributed by atoms with Gasteiger partial charge in [0.1, 0.15) is 19.3 Å². The third kappa shape index (κ3) is 9.49. The summed E-state index contributed by atoms with van der Waals surface area (Å²) in [7, 11) is 0. The number of carbonyl (C=O) groups excluding carboxylic acids is 2. The number of unbranched alkanes of at least 4 members (excludes halogenated alkanes) is 1. The van der Waals surface area contributed by atoms with Crippen LogP contribution in [0.3, 0.4) is 0 Å². The molecule has 5 aromatic rings. The number of hydrogen-bond acceptors (Lipinski definition) is 14. The first-order valence-corrected chi connectivity index (χ1v) is 15.8. The molecule has 2 N–H and O–H groups in total. The van der Waals surface area contributed by atoms with E-state index in [2.05, 4.69) is 40.6 Å². The number of para-hydroxylation sites is 1. The fourth-order valence-electron chi connectivity index (χ4n) is 5.30. The van der Waals surface area contributed by atoms with Gasteiger partial charge in [-0.2, -0.15) is 10.2 Å². The number of nitrogens with one attached hydrogen (secondary N) is 2. The molecule has 3 aromatic carbocycles. The second-order valence-electron chi connectivity index (χ2n) is 10.9. The van der Waals surface area contributed by atoms with Crippen LogP contribution < -0.4 is 10.1 Å². The maximum absolute atomic E-state index is 13.4. The molecule has 1 atom stereocenters. The molecule has 2 aromatic heterocycles. The van der Waals surface area contributed by atoms with Crippen molar-refractivity contribution in [2.45, 2.75) is 38.8 Å². The topological polar surface area (TPSA) is 242 Å². The molecule has 1 amide bonds. The summed E-state index contributed by atoms with van der Waals surface area (Å²) in [5.41, 5.74) is 4.95. The number of rotatable bonds is 19. The van der Waals surface area contributed by atoms with Crippen molar-refractivity contribution in [3.63, 3.8) is 0 Å². The SMILES string of the molecule is CCOc1nc2cccc(C(=O)NCC(=O)OCCCCC(CO[N+](=O)[O-])O[N+](=O)[O-])c2n1Cc1ccc(-c2ccccc2-c2nn[nH]n2)cc1. The van der Waals surface area contributed by atoms with Gasteiger partial charge < -0.3 is 24.5 Å². The van der Waals surface area contributed by atoms with Gasteiger partial charge >= 0.3 is 5.97 Å². The minimum absolute atomic E-state index is 0.0441. The molecule has 0 saturated heterocycles. The van der Waals surface area contributed by atoms with Crippen LogP contribution in [0, 0.1) is 20.2 Å². The summed E-state index contributed by atoms with van der Waals surface area (Å²) in [6.07, 6.45) is -0.501. The van der Waals surface area contributed by atoms with Gasteiger partial charge in [0, 0.05) is 5.56 Å². The molecule has 0 spiro atoms. The minimum Gasteiger partial charge on any atom is -0.465 e. The molecule has 0 saturated carbocycles. The second kappa shape index (κ2) is 17.1. The van der Waals surface area contributed by atoms with Crippen molar-refractivity contribution < 1.29 is 38.9 Å². The average Bonchev–Trinajstić information content (AvgIpc) is 3.78. The molecule has 51 heavy (non-hydrogen) atoms. The maximum Gasteiger partial charge on any atom is 0.325 e. The van der Waals surface area contributed by atoms with Crippen molar-refractivity contribution in [3.05, 3.63) is 98.1 Å². The first kappa shape index (κ1) is 35.6. The van der Waals surface area contributed by atoms with E-state index >= 15 is 0 Å². The Morgan fingerprint density at radius 2 is 1.76 bits per heavy atom. The molecule has 0 aliphatic carbocycles. The summed E-state index contributed by atoms with van der Waals surface area (Å²) < 4.78 is 12.8. The second-order valence-corrected chi connectivity index (χ2v) is 10.9. The fraction of sp³-hybridized carbons (Fsp3) is 0.312. The molecule has 0 bridgehead atoms. The molecule has 2 heterocycles. The number of aromatic amines is 1. The molecule has 0 radical (unpaired) electrons. The van der Waals surface area contributed by atoms with Gasteiger partial charge in [0.05, 0.1) is 36.4 Å². The summed E-state index contributed by atoms with van der Waals surface area (Å²) in [4.78, 5) is 59.9. The highest BCUT2D eigenvalue weighted by atomic mass is 17.0.